The molecule has 1 amide bonds. The van der Waals surface area contributed by atoms with E-state index in [1.54, 1.807) is 0 Å². The van der Waals surface area contributed by atoms with Crippen molar-refractivity contribution in [3.63, 3.8) is 0 Å². The summed E-state index contributed by atoms with van der Waals surface area (Å²) < 4.78 is 10.7. The molecule has 2 aromatic rings. The Morgan fingerprint density at radius 3 is 2.55 bits per heavy atom. The molecule has 3 rings (SSSR count). The van der Waals surface area contributed by atoms with Crippen molar-refractivity contribution in [1.29, 1.82) is 0 Å². The number of nitrogens with zero attached hydrogens (tertiary/aromatic N) is 3. The molecule has 3 heterocycles. The number of amides is 1. The molecule has 12 heteroatoms. The molecule has 4 N–H and O–H groups in total. The molecule has 0 spiro atoms. The zero-order valence-electron chi connectivity index (χ0n) is 15.1. The van der Waals surface area contributed by atoms with E-state index in [0.29, 0.717) is 0 Å². The number of anilines is 1. The van der Waals surface area contributed by atoms with Gasteiger partial charge in [-0.05, 0) is 18.2 Å². The number of aliphatic hydroxyl groups excluding tert-OH is 3. The number of rotatable bonds is 5. The summed E-state index contributed by atoms with van der Waals surface area (Å²) in [5.41, 5.74) is -1.02. The van der Waals surface area contributed by atoms with Gasteiger partial charge in [0.15, 0.2) is 6.23 Å². The molecular formula is C17H18N4O8. The molecule has 0 bridgehead atoms. The van der Waals surface area contributed by atoms with E-state index in [-0.39, 0.29) is 17.2 Å². The first-order valence-corrected chi connectivity index (χ1v) is 8.44. The highest BCUT2D eigenvalue weighted by atomic mass is 16.6. The third kappa shape index (κ3) is 4.14. The van der Waals surface area contributed by atoms with E-state index in [4.69, 9.17) is 9.84 Å². The van der Waals surface area contributed by atoms with Crippen molar-refractivity contribution in [2.45, 2.75) is 24.5 Å². The molecule has 4 atom stereocenters. The van der Waals surface area contributed by atoms with Gasteiger partial charge in [0.2, 0.25) is 0 Å². The van der Waals surface area contributed by atoms with E-state index < -0.39 is 48.7 Å². The van der Waals surface area contributed by atoms with Crippen molar-refractivity contribution in [2.75, 3.05) is 19.0 Å². The smallest absolute Gasteiger partial charge is 0.356 e. The Bertz CT molecular complexity index is 978. The molecule has 1 aliphatic rings. The molecule has 1 aliphatic heterocycles. The lowest BCUT2D eigenvalue weighted by atomic mass is 10.1. The van der Waals surface area contributed by atoms with E-state index in [1.165, 1.54) is 37.6 Å². The topological polar surface area (TPSA) is 173 Å². The van der Waals surface area contributed by atoms with Crippen LogP contribution in [0.3, 0.4) is 0 Å². The van der Waals surface area contributed by atoms with Gasteiger partial charge in [-0.15, -0.1) is 0 Å². The van der Waals surface area contributed by atoms with Gasteiger partial charge in [0, 0.05) is 6.20 Å². The molecule has 0 radical (unpaired) electrons. The highest BCUT2D eigenvalue weighted by molar-refractivity contribution is 6.03. The maximum absolute atomic E-state index is 12.3. The number of hydrogen-bond donors (Lipinski definition) is 4. The van der Waals surface area contributed by atoms with Gasteiger partial charge in [-0.1, -0.05) is 6.07 Å². The van der Waals surface area contributed by atoms with Gasteiger partial charge < -0.3 is 30.1 Å². The maximum atomic E-state index is 12.3. The zero-order chi connectivity index (χ0) is 21.1. The molecule has 0 aromatic carbocycles. The fourth-order valence-electron chi connectivity index (χ4n) is 2.75. The highest BCUT2D eigenvalue weighted by Crippen LogP contribution is 2.28. The fraction of sp³-hybridized carbons (Fsp3) is 0.353. The number of aromatic nitrogens is 3. The molecule has 0 unspecified atom stereocenters. The van der Waals surface area contributed by atoms with Crippen LogP contribution in [0.4, 0.5) is 5.82 Å². The molecule has 1 fully saturated rings. The first kappa shape index (κ1) is 20.5. The van der Waals surface area contributed by atoms with Crippen LogP contribution in [0.1, 0.15) is 27.2 Å². The third-order valence-electron chi connectivity index (χ3n) is 4.24. The summed E-state index contributed by atoms with van der Waals surface area (Å²) in [6, 6.07) is 5.46. The number of methoxy groups -OCH3 is 1. The second-order valence-corrected chi connectivity index (χ2v) is 6.09. The Morgan fingerprint density at radius 1 is 1.21 bits per heavy atom. The highest BCUT2D eigenvalue weighted by Gasteiger charge is 2.43. The normalized spacial score (nSPS) is 23.6. The standard InChI is InChI=1S/C17H18N4O8/c1-28-16(26)9-4-2-3-8(18-9)14(25)19-11-5-6-21(17(27)20-11)15-13(24)12(23)10(7-22)29-15/h2-6,10,12-13,15,22-24H,7H2,1H3,(H,19,20,25,27)/t10-,12-,13+,15-/m1/s1. The first-order chi connectivity index (χ1) is 13.8. The number of esters is 1. The maximum Gasteiger partial charge on any atom is 0.356 e. The van der Waals surface area contributed by atoms with Gasteiger partial charge in [0.25, 0.3) is 5.91 Å². The summed E-state index contributed by atoms with van der Waals surface area (Å²) in [4.78, 5) is 43.6. The summed E-state index contributed by atoms with van der Waals surface area (Å²) in [5.74, 6) is -1.53. The molecule has 154 valence electrons. The van der Waals surface area contributed by atoms with Gasteiger partial charge in [-0.25, -0.2) is 14.6 Å². The minimum absolute atomic E-state index is 0.0621. The summed E-state index contributed by atoms with van der Waals surface area (Å²) in [5, 5.41) is 31.3. The summed E-state index contributed by atoms with van der Waals surface area (Å²) >= 11 is 0. The summed E-state index contributed by atoms with van der Waals surface area (Å²) in [6.45, 7) is -0.539. The van der Waals surface area contributed by atoms with Crippen LogP contribution in [0.2, 0.25) is 0 Å². The van der Waals surface area contributed by atoms with Crippen molar-refractivity contribution in [3.8, 4) is 0 Å². The van der Waals surface area contributed by atoms with Crippen LogP contribution in [0.5, 0.6) is 0 Å². The monoisotopic (exact) mass is 406 g/mol. The number of carbonyl (C=O) groups is 2. The van der Waals surface area contributed by atoms with Gasteiger partial charge >= 0.3 is 11.7 Å². The average molecular weight is 406 g/mol. The van der Waals surface area contributed by atoms with Crippen LogP contribution in [0.15, 0.2) is 35.3 Å². The molecule has 0 aliphatic carbocycles. The van der Waals surface area contributed by atoms with Crippen LogP contribution >= 0.6 is 0 Å². The van der Waals surface area contributed by atoms with Crippen LogP contribution in [-0.4, -0.2) is 73.8 Å². The van der Waals surface area contributed by atoms with Crippen LogP contribution in [0, 0.1) is 0 Å². The van der Waals surface area contributed by atoms with Crippen LogP contribution < -0.4 is 11.0 Å². The lowest BCUT2D eigenvalue weighted by Crippen LogP contribution is -2.36. The number of carbonyl (C=O) groups excluding carboxylic acids is 2. The van der Waals surface area contributed by atoms with Crippen molar-refractivity contribution in [1.82, 2.24) is 14.5 Å². The molecule has 29 heavy (non-hydrogen) atoms. The zero-order valence-corrected chi connectivity index (χ0v) is 15.1. The first-order valence-electron chi connectivity index (χ1n) is 8.44. The molecule has 2 aromatic heterocycles. The lowest BCUT2D eigenvalue weighted by Gasteiger charge is -2.17. The van der Waals surface area contributed by atoms with Crippen LogP contribution in [-0.2, 0) is 9.47 Å². The summed E-state index contributed by atoms with van der Waals surface area (Å²) in [7, 11) is 1.18. The molecule has 1 saturated heterocycles. The summed E-state index contributed by atoms with van der Waals surface area (Å²) in [6.07, 6.45) is -3.90. The lowest BCUT2D eigenvalue weighted by molar-refractivity contribution is -0.0549. The second kappa shape index (κ2) is 8.45. The Morgan fingerprint density at radius 2 is 1.93 bits per heavy atom. The van der Waals surface area contributed by atoms with Gasteiger partial charge in [0.05, 0.1) is 13.7 Å². The number of nitrogens with one attached hydrogen (secondary N) is 1. The SMILES string of the molecule is COC(=O)c1cccc(C(=O)Nc2ccn([C@@H]3O[C@H](CO)[C@@H](O)[C@@H]3O)c(=O)n2)n1. The molecule has 12 nitrogen and oxygen atoms in total. The quantitative estimate of drug-likeness (QED) is 0.419. The van der Waals surface area contributed by atoms with E-state index in [0.717, 1.165) is 4.57 Å². The van der Waals surface area contributed by atoms with Crippen LogP contribution in [0.25, 0.3) is 0 Å². The Labute approximate surface area is 163 Å². The van der Waals surface area contributed by atoms with Gasteiger partial charge in [0.1, 0.15) is 35.5 Å². The minimum Gasteiger partial charge on any atom is -0.464 e. The molecule has 0 saturated carbocycles. The van der Waals surface area contributed by atoms with Gasteiger partial charge in [-0.3, -0.25) is 9.36 Å². The second-order valence-electron chi connectivity index (χ2n) is 6.09. The largest absolute Gasteiger partial charge is 0.464 e. The predicted molar refractivity (Wildman–Crippen MR) is 95.0 cm³/mol. The minimum atomic E-state index is -1.45. The fourth-order valence-corrected chi connectivity index (χ4v) is 2.75. The van der Waals surface area contributed by atoms with Gasteiger partial charge in [-0.2, -0.15) is 4.98 Å². The van der Waals surface area contributed by atoms with E-state index in [1.807, 2.05) is 0 Å². The average Bonchev–Trinajstić information content (AvgIpc) is 3.01. The van der Waals surface area contributed by atoms with E-state index in [2.05, 4.69) is 20.0 Å². The molecular weight excluding hydrogens is 388 g/mol. The number of hydrogen-bond acceptors (Lipinski definition) is 10. The number of aliphatic hydroxyl groups is 3. The van der Waals surface area contributed by atoms with Crippen molar-refractivity contribution in [3.05, 3.63) is 52.3 Å². The third-order valence-corrected chi connectivity index (χ3v) is 4.24. The Balaban J connectivity index is 1.77. The number of ether oxygens (including phenoxy) is 2. The van der Waals surface area contributed by atoms with E-state index in [9.17, 15) is 24.6 Å². The Hall–Kier alpha value is -3.19. The van der Waals surface area contributed by atoms with Crippen molar-refractivity contribution < 1.29 is 34.4 Å². The van der Waals surface area contributed by atoms with Crippen molar-refractivity contribution >= 4 is 17.7 Å². The van der Waals surface area contributed by atoms with Crippen molar-refractivity contribution in [2.24, 2.45) is 0 Å². The Kier molecular flexibility index (Phi) is 5.98. The van der Waals surface area contributed by atoms with E-state index >= 15 is 0 Å². The predicted octanol–water partition coefficient (Wildman–Crippen LogP) is -1.71. The number of pyridine rings is 1.